The molecule has 0 aromatic rings. The van der Waals surface area contributed by atoms with E-state index in [0.717, 1.165) is 0 Å². The molecule has 12 heavy (non-hydrogen) atoms. The molecular weight excluding hydrogens is 160 g/mol. The maximum Gasteiger partial charge on any atom is 0.356 e. The zero-order valence-electron chi connectivity index (χ0n) is 6.96. The molecule has 0 amide bonds. The largest absolute Gasteiger partial charge is 0.478 e. The van der Waals surface area contributed by atoms with Gasteiger partial charge in [0.05, 0.1) is 5.76 Å². The number of allylic oxidation sites excluding steroid dienone is 1. The van der Waals surface area contributed by atoms with Gasteiger partial charge in [-0.3, -0.25) is 4.79 Å². The molecule has 0 saturated heterocycles. The highest BCUT2D eigenvalue weighted by Gasteiger charge is 2.48. The van der Waals surface area contributed by atoms with Crippen molar-refractivity contribution in [1.82, 2.24) is 0 Å². The van der Waals surface area contributed by atoms with Crippen LogP contribution in [-0.4, -0.2) is 22.5 Å². The number of carboxylic acid groups (broad SMARTS) is 1. The second kappa shape index (κ2) is 2.62. The highest BCUT2D eigenvalue weighted by atomic mass is 16.5. The molecule has 1 rings (SSSR count). The number of aliphatic carboxylic acids is 1. The average molecular weight is 170 g/mol. The lowest BCUT2D eigenvalue weighted by Gasteiger charge is -2.21. The topological polar surface area (TPSA) is 63.6 Å². The zero-order valence-corrected chi connectivity index (χ0v) is 6.96. The van der Waals surface area contributed by atoms with Crippen LogP contribution in [0.5, 0.6) is 0 Å². The van der Waals surface area contributed by atoms with Crippen LogP contribution in [0.3, 0.4) is 0 Å². The van der Waals surface area contributed by atoms with Crippen LogP contribution in [0, 0.1) is 0 Å². The van der Waals surface area contributed by atoms with Crippen LogP contribution in [-0.2, 0) is 14.3 Å². The molecule has 0 fully saturated rings. The standard InChI is InChI=1S/C8H10O4/c1-5-3-4-8(12-5,6(2)9)7(10)11/h3H,4H2,1-2H3,(H,10,11). The van der Waals surface area contributed by atoms with Crippen LogP contribution in [0.4, 0.5) is 0 Å². The van der Waals surface area contributed by atoms with E-state index in [1.807, 2.05) is 0 Å². The Hall–Kier alpha value is -1.32. The lowest BCUT2D eigenvalue weighted by atomic mass is 9.97. The van der Waals surface area contributed by atoms with Crippen LogP contribution >= 0.6 is 0 Å². The number of carbonyl (C=O) groups is 2. The predicted molar refractivity (Wildman–Crippen MR) is 40.5 cm³/mol. The summed E-state index contributed by atoms with van der Waals surface area (Å²) in [6.07, 6.45) is 1.74. The molecule has 0 aromatic heterocycles. The van der Waals surface area contributed by atoms with Gasteiger partial charge in [-0.15, -0.1) is 0 Å². The van der Waals surface area contributed by atoms with E-state index >= 15 is 0 Å². The number of ketones is 1. The first-order valence-corrected chi connectivity index (χ1v) is 3.59. The summed E-state index contributed by atoms with van der Waals surface area (Å²) < 4.78 is 4.98. The second-order valence-electron chi connectivity index (χ2n) is 2.81. The van der Waals surface area contributed by atoms with Crippen molar-refractivity contribution >= 4 is 11.8 Å². The summed E-state index contributed by atoms with van der Waals surface area (Å²) in [7, 11) is 0. The number of ether oxygens (including phenoxy) is 1. The van der Waals surface area contributed by atoms with Crippen LogP contribution in [0.2, 0.25) is 0 Å². The summed E-state index contributed by atoms with van der Waals surface area (Å²) in [6.45, 7) is 2.86. The van der Waals surface area contributed by atoms with Crippen molar-refractivity contribution < 1.29 is 19.4 Å². The van der Waals surface area contributed by atoms with Crippen LogP contribution in [0.15, 0.2) is 11.8 Å². The van der Waals surface area contributed by atoms with E-state index in [1.165, 1.54) is 6.92 Å². The second-order valence-corrected chi connectivity index (χ2v) is 2.81. The Balaban J connectivity index is 2.94. The zero-order chi connectivity index (χ0) is 9.35. The van der Waals surface area contributed by atoms with Crippen molar-refractivity contribution in [2.24, 2.45) is 0 Å². The molecule has 1 atom stereocenters. The summed E-state index contributed by atoms with van der Waals surface area (Å²) in [4.78, 5) is 21.7. The maximum absolute atomic E-state index is 11.0. The molecule has 1 heterocycles. The van der Waals surface area contributed by atoms with Gasteiger partial charge in [-0.05, 0) is 19.9 Å². The molecule has 4 heteroatoms. The molecule has 1 N–H and O–H groups in total. The molecule has 1 aliphatic rings. The Morgan fingerprint density at radius 1 is 1.67 bits per heavy atom. The van der Waals surface area contributed by atoms with Gasteiger partial charge in [0.25, 0.3) is 5.60 Å². The Bertz CT molecular complexity index is 250. The van der Waals surface area contributed by atoms with E-state index in [-0.39, 0.29) is 6.42 Å². The minimum absolute atomic E-state index is 0.128. The van der Waals surface area contributed by atoms with Crippen molar-refractivity contribution in [2.75, 3.05) is 0 Å². The molecule has 1 unspecified atom stereocenters. The van der Waals surface area contributed by atoms with Crippen LogP contribution in [0.1, 0.15) is 20.3 Å². The van der Waals surface area contributed by atoms with Gasteiger partial charge < -0.3 is 9.84 Å². The van der Waals surface area contributed by atoms with Gasteiger partial charge in [0.2, 0.25) is 0 Å². The van der Waals surface area contributed by atoms with Gasteiger partial charge in [-0.1, -0.05) is 0 Å². The fraction of sp³-hybridized carbons (Fsp3) is 0.500. The summed E-state index contributed by atoms with van der Waals surface area (Å²) in [6, 6.07) is 0. The van der Waals surface area contributed by atoms with E-state index in [1.54, 1.807) is 13.0 Å². The number of hydrogen-bond donors (Lipinski definition) is 1. The van der Waals surface area contributed by atoms with Crippen molar-refractivity contribution in [3.8, 4) is 0 Å². The number of Topliss-reactive ketones (excluding diaryl/α,β-unsaturated/α-hetero) is 1. The predicted octanol–water partition coefficient (Wildman–Crippen LogP) is 0.723. The summed E-state index contributed by atoms with van der Waals surface area (Å²) in [5, 5.41) is 8.77. The molecule has 4 nitrogen and oxygen atoms in total. The smallest absolute Gasteiger partial charge is 0.356 e. The fourth-order valence-corrected chi connectivity index (χ4v) is 1.14. The summed E-state index contributed by atoms with van der Waals surface area (Å²) in [5.41, 5.74) is -1.65. The third-order valence-corrected chi connectivity index (χ3v) is 1.93. The number of hydrogen-bond acceptors (Lipinski definition) is 3. The lowest BCUT2D eigenvalue weighted by molar-refractivity contribution is -0.164. The van der Waals surface area contributed by atoms with Gasteiger partial charge in [0, 0.05) is 6.42 Å². The molecule has 0 radical (unpaired) electrons. The monoisotopic (exact) mass is 170 g/mol. The van der Waals surface area contributed by atoms with E-state index < -0.39 is 17.4 Å². The van der Waals surface area contributed by atoms with E-state index in [4.69, 9.17) is 9.84 Å². The van der Waals surface area contributed by atoms with E-state index in [2.05, 4.69) is 0 Å². The highest BCUT2D eigenvalue weighted by Crippen LogP contribution is 2.29. The van der Waals surface area contributed by atoms with Gasteiger partial charge in [-0.25, -0.2) is 4.79 Å². The summed E-state index contributed by atoms with van der Waals surface area (Å²) >= 11 is 0. The molecule has 0 aliphatic carbocycles. The van der Waals surface area contributed by atoms with Gasteiger partial charge in [-0.2, -0.15) is 0 Å². The molecule has 0 spiro atoms. The van der Waals surface area contributed by atoms with Crippen molar-refractivity contribution in [3.63, 3.8) is 0 Å². The molecule has 1 aliphatic heterocycles. The third-order valence-electron chi connectivity index (χ3n) is 1.93. The Morgan fingerprint density at radius 2 is 2.25 bits per heavy atom. The molecule has 66 valence electrons. The minimum atomic E-state index is -1.65. The average Bonchev–Trinajstić information content (AvgIpc) is 2.32. The Kier molecular flexibility index (Phi) is 1.92. The number of carbonyl (C=O) groups excluding carboxylic acids is 1. The van der Waals surface area contributed by atoms with E-state index in [0.29, 0.717) is 5.76 Å². The first-order valence-electron chi connectivity index (χ1n) is 3.59. The molecule has 0 aromatic carbocycles. The van der Waals surface area contributed by atoms with Crippen molar-refractivity contribution in [3.05, 3.63) is 11.8 Å². The number of rotatable bonds is 2. The first-order chi connectivity index (χ1) is 5.49. The lowest BCUT2D eigenvalue weighted by Crippen LogP contribution is -2.45. The van der Waals surface area contributed by atoms with Crippen molar-refractivity contribution in [1.29, 1.82) is 0 Å². The Labute approximate surface area is 69.8 Å². The van der Waals surface area contributed by atoms with Gasteiger partial charge >= 0.3 is 5.97 Å². The molecule has 0 saturated carbocycles. The highest BCUT2D eigenvalue weighted by molar-refractivity contribution is 6.06. The third kappa shape index (κ3) is 1.09. The maximum atomic E-state index is 11.0. The fourth-order valence-electron chi connectivity index (χ4n) is 1.14. The first kappa shape index (κ1) is 8.77. The molecular formula is C8H10O4. The van der Waals surface area contributed by atoms with Crippen molar-refractivity contribution in [2.45, 2.75) is 25.9 Å². The minimum Gasteiger partial charge on any atom is -0.478 e. The normalized spacial score (nSPS) is 27.7. The van der Waals surface area contributed by atoms with Gasteiger partial charge in [0.15, 0.2) is 5.78 Å². The summed E-state index contributed by atoms with van der Waals surface area (Å²) in [5.74, 6) is -1.20. The number of carboxylic acids is 1. The quantitative estimate of drug-likeness (QED) is 0.620. The Morgan fingerprint density at radius 3 is 2.42 bits per heavy atom. The molecule has 0 bridgehead atoms. The van der Waals surface area contributed by atoms with E-state index in [9.17, 15) is 9.59 Å². The SMILES string of the molecule is CC(=O)C1(C(=O)O)CC=C(C)O1. The van der Waals surface area contributed by atoms with Gasteiger partial charge in [0.1, 0.15) is 0 Å². The van der Waals surface area contributed by atoms with Crippen LogP contribution in [0.25, 0.3) is 0 Å². The van der Waals surface area contributed by atoms with Crippen LogP contribution < -0.4 is 0 Å².